The Balaban J connectivity index is 1.70. The summed E-state index contributed by atoms with van der Waals surface area (Å²) in [6, 6.07) is 12.4. The van der Waals surface area contributed by atoms with Crippen LogP contribution in [0.4, 0.5) is 10.2 Å². The molecule has 1 aliphatic heterocycles. The number of anilines is 1. The van der Waals surface area contributed by atoms with Crippen LogP contribution in [-0.4, -0.2) is 25.7 Å². The zero-order valence-electron chi connectivity index (χ0n) is 14.8. The van der Waals surface area contributed by atoms with Gasteiger partial charge in [0, 0.05) is 22.4 Å². The molecule has 2 aromatic carbocycles. The Kier molecular flexibility index (Phi) is 3.83. The van der Waals surface area contributed by atoms with Crippen LogP contribution in [0.2, 0.25) is 0 Å². The zero-order valence-corrected chi connectivity index (χ0v) is 16.4. The van der Waals surface area contributed by atoms with Crippen LogP contribution in [0.5, 0.6) is 0 Å². The monoisotopic (exact) mass is 439 g/mol. The molecule has 6 nitrogen and oxygen atoms in total. The molecule has 1 unspecified atom stereocenters. The average Bonchev–Trinajstić information content (AvgIpc) is 3.24. The SMILES string of the molecule is Cc1nn(-c2nc3ccccc3[nH]2)c2c1C(c1cc(Br)ccc1F)CC(=O)N2. The Morgan fingerprint density at radius 3 is 2.89 bits per heavy atom. The molecule has 5 rings (SSSR count). The minimum atomic E-state index is -0.417. The summed E-state index contributed by atoms with van der Waals surface area (Å²) in [6.45, 7) is 1.86. The number of hydrogen-bond donors (Lipinski definition) is 2. The van der Waals surface area contributed by atoms with Gasteiger partial charge in [0.25, 0.3) is 0 Å². The van der Waals surface area contributed by atoms with E-state index in [1.165, 1.54) is 6.07 Å². The lowest BCUT2D eigenvalue weighted by atomic mass is 9.85. The maximum atomic E-state index is 14.6. The van der Waals surface area contributed by atoms with E-state index in [-0.39, 0.29) is 18.1 Å². The Hall–Kier alpha value is -3.00. The number of nitrogens with one attached hydrogen (secondary N) is 2. The summed E-state index contributed by atoms with van der Waals surface area (Å²) in [7, 11) is 0. The van der Waals surface area contributed by atoms with Gasteiger partial charge in [0.2, 0.25) is 11.9 Å². The second kappa shape index (κ2) is 6.27. The quantitative estimate of drug-likeness (QED) is 0.484. The number of carbonyl (C=O) groups excluding carboxylic acids is 1. The van der Waals surface area contributed by atoms with E-state index in [4.69, 9.17) is 0 Å². The number of carbonyl (C=O) groups is 1. The molecule has 0 bridgehead atoms. The third-order valence-corrected chi connectivity index (χ3v) is 5.51. The molecule has 0 spiro atoms. The van der Waals surface area contributed by atoms with E-state index in [1.54, 1.807) is 16.8 Å². The van der Waals surface area contributed by atoms with Crippen molar-refractivity contribution in [3.8, 4) is 5.95 Å². The Labute approximate surface area is 167 Å². The normalized spacial score (nSPS) is 16.2. The molecule has 0 radical (unpaired) electrons. The number of aromatic nitrogens is 4. The minimum Gasteiger partial charge on any atom is -0.322 e. The number of fused-ring (bicyclic) bond motifs is 2. The van der Waals surface area contributed by atoms with Gasteiger partial charge in [0.1, 0.15) is 11.6 Å². The molecule has 4 aromatic rings. The van der Waals surface area contributed by atoms with Crippen LogP contribution < -0.4 is 5.32 Å². The van der Waals surface area contributed by atoms with Crippen molar-refractivity contribution in [1.29, 1.82) is 0 Å². The molecule has 0 saturated carbocycles. The topological polar surface area (TPSA) is 75.6 Å². The van der Waals surface area contributed by atoms with Gasteiger partial charge in [-0.05, 0) is 42.8 Å². The molecule has 1 atom stereocenters. The maximum absolute atomic E-state index is 14.6. The first-order valence-corrected chi connectivity index (χ1v) is 9.60. The van der Waals surface area contributed by atoms with Crippen LogP contribution in [0, 0.1) is 12.7 Å². The van der Waals surface area contributed by atoms with Crippen molar-refractivity contribution in [1.82, 2.24) is 19.7 Å². The van der Waals surface area contributed by atoms with Gasteiger partial charge in [0.15, 0.2) is 0 Å². The maximum Gasteiger partial charge on any atom is 0.231 e. The lowest BCUT2D eigenvalue weighted by Crippen LogP contribution is -2.25. The van der Waals surface area contributed by atoms with Gasteiger partial charge in [-0.25, -0.2) is 9.37 Å². The number of hydrogen-bond acceptors (Lipinski definition) is 3. The van der Waals surface area contributed by atoms with E-state index in [1.807, 2.05) is 31.2 Å². The summed E-state index contributed by atoms with van der Waals surface area (Å²) < 4.78 is 16.9. The molecule has 0 fully saturated rings. The summed E-state index contributed by atoms with van der Waals surface area (Å²) in [5.41, 5.74) is 3.67. The van der Waals surface area contributed by atoms with Crippen LogP contribution in [0.25, 0.3) is 17.0 Å². The van der Waals surface area contributed by atoms with Gasteiger partial charge in [-0.2, -0.15) is 9.78 Å². The van der Waals surface area contributed by atoms with Crippen LogP contribution in [0.15, 0.2) is 46.9 Å². The number of amides is 1. The number of imidazole rings is 1. The standard InChI is InChI=1S/C20H15BrFN5O/c1-10-18-13(12-8-11(21)6-7-14(12)22)9-17(28)25-19(18)27(26-10)20-23-15-4-2-3-5-16(15)24-20/h2-8,13H,9H2,1H3,(H,23,24)(H,25,28). The van der Waals surface area contributed by atoms with Gasteiger partial charge in [-0.3, -0.25) is 4.79 Å². The highest BCUT2D eigenvalue weighted by Gasteiger charge is 2.34. The molecular formula is C20H15BrFN5O. The molecule has 0 saturated heterocycles. The average molecular weight is 440 g/mol. The highest BCUT2D eigenvalue weighted by Crippen LogP contribution is 2.41. The number of halogens is 2. The Bertz CT molecular complexity index is 1210. The van der Waals surface area contributed by atoms with Crippen molar-refractivity contribution in [2.75, 3.05) is 5.32 Å². The summed E-state index contributed by atoms with van der Waals surface area (Å²) >= 11 is 3.39. The molecule has 28 heavy (non-hydrogen) atoms. The summed E-state index contributed by atoms with van der Waals surface area (Å²) in [4.78, 5) is 20.2. The molecule has 2 aromatic heterocycles. The van der Waals surface area contributed by atoms with Crippen LogP contribution >= 0.6 is 15.9 Å². The van der Waals surface area contributed by atoms with E-state index >= 15 is 0 Å². The van der Waals surface area contributed by atoms with E-state index in [9.17, 15) is 9.18 Å². The minimum absolute atomic E-state index is 0.160. The fourth-order valence-electron chi connectivity index (χ4n) is 3.79. The second-order valence-electron chi connectivity index (χ2n) is 6.81. The van der Waals surface area contributed by atoms with E-state index in [0.717, 1.165) is 26.8 Å². The smallest absolute Gasteiger partial charge is 0.231 e. The predicted molar refractivity (Wildman–Crippen MR) is 107 cm³/mol. The van der Waals surface area contributed by atoms with Crippen molar-refractivity contribution in [2.24, 2.45) is 0 Å². The van der Waals surface area contributed by atoms with Gasteiger partial charge in [-0.15, -0.1) is 0 Å². The molecule has 3 heterocycles. The number of rotatable bonds is 2. The van der Waals surface area contributed by atoms with Crippen molar-refractivity contribution in [3.63, 3.8) is 0 Å². The molecule has 140 valence electrons. The third kappa shape index (κ3) is 2.63. The summed E-state index contributed by atoms with van der Waals surface area (Å²) in [5, 5.41) is 7.49. The van der Waals surface area contributed by atoms with Gasteiger partial charge in [-0.1, -0.05) is 28.1 Å². The Morgan fingerprint density at radius 1 is 1.25 bits per heavy atom. The van der Waals surface area contributed by atoms with Crippen molar-refractivity contribution in [3.05, 3.63) is 69.6 Å². The largest absolute Gasteiger partial charge is 0.322 e. The molecular weight excluding hydrogens is 425 g/mol. The lowest BCUT2D eigenvalue weighted by Gasteiger charge is -2.24. The molecule has 2 N–H and O–H groups in total. The first kappa shape index (κ1) is 17.1. The fraction of sp³-hybridized carbons (Fsp3) is 0.150. The molecule has 1 aliphatic rings. The van der Waals surface area contributed by atoms with Crippen molar-refractivity contribution in [2.45, 2.75) is 19.3 Å². The number of aromatic amines is 1. The number of benzene rings is 2. The van der Waals surface area contributed by atoms with Gasteiger partial charge < -0.3 is 10.3 Å². The van der Waals surface area contributed by atoms with Gasteiger partial charge in [0.05, 0.1) is 16.7 Å². The van der Waals surface area contributed by atoms with Crippen molar-refractivity contribution >= 4 is 38.7 Å². The van der Waals surface area contributed by atoms with E-state index in [0.29, 0.717) is 17.3 Å². The van der Waals surface area contributed by atoms with E-state index < -0.39 is 5.92 Å². The molecule has 8 heteroatoms. The molecule has 1 amide bonds. The molecule has 0 aliphatic carbocycles. The second-order valence-corrected chi connectivity index (χ2v) is 7.72. The zero-order chi connectivity index (χ0) is 19.4. The Morgan fingerprint density at radius 2 is 2.07 bits per heavy atom. The number of para-hydroxylation sites is 2. The highest BCUT2D eigenvalue weighted by atomic mass is 79.9. The lowest BCUT2D eigenvalue weighted by molar-refractivity contribution is -0.116. The van der Waals surface area contributed by atoms with Crippen LogP contribution in [-0.2, 0) is 4.79 Å². The number of aryl methyl sites for hydroxylation is 1. The van der Waals surface area contributed by atoms with E-state index in [2.05, 4.69) is 36.3 Å². The summed E-state index contributed by atoms with van der Waals surface area (Å²) in [6.07, 6.45) is 0.160. The summed E-state index contributed by atoms with van der Waals surface area (Å²) in [5.74, 6) is 0.0802. The predicted octanol–water partition coefficient (Wildman–Crippen LogP) is 4.43. The van der Waals surface area contributed by atoms with Gasteiger partial charge >= 0.3 is 0 Å². The number of H-pyrrole nitrogens is 1. The van der Waals surface area contributed by atoms with Crippen LogP contribution in [0.3, 0.4) is 0 Å². The first-order chi connectivity index (χ1) is 13.5. The van der Waals surface area contributed by atoms with Crippen LogP contribution in [0.1, 0.15) is 29.2 Å². The van der Waals surface area contributed by atoms with Crippen molar-refractivity contribution < 1.29 is 9.18 Å². The first-order valence-electron chi connectivity index (χ1n) is 8.80. The third-order valence-electron chi connectivity index (χ3n) is 5.01. The number of nitrogens with zero attached hydrogens (tertiary/aromatic N) is 3. The highest BCUT2D eigenvalue weighted by molar-refractivity contribution is 9.10. The fourth-order valence-corrected chi connectivity index (χ4v) is 4.17.